The lowest BCUT2D eigenvalue weighted by molar-refractivity contribution is -0.137. The first-order chi connectivity index (χ1) is 9.56. The lowest BCUT2D eigenvalue weighted by atomic mass is 9.98. The molecule has 0 fully saturated rings. The number of aromatic amines is 1. The number of carbonyl (C=O) groups is 2. The van der Waals surface area contributed by atoms with Gasteiger partial charge >= 0.3 is 5.97 Å². The number of nitrogens with one attached hydrogen (secondary N) is 2. The molecule has 0 radical (unpaired) electrons. The Bertz CT molecular complexity index is 594. The van der Waals surface area contributed by atoms with E-state index in [4.69, 9.17) is 5.11 Å². The Kier molecular flexibility index (Phi) is 4.04. The molecule has 1 atom stereocenters. The first kappa shape index (κ1) is 13.7. The Balaban J connectivity index is 2.01. The predicted octanol–water partition coefficient (Wildman–Crippen LogP) is 1.03. The van der Waals surface area contributed by atoms with Crippen LogP contribution in [0.15, 0.2) is 24.3 Å². The monoisotopic (exact) mass is 275 g/mol. The number of benzene rings is 1. The molecule has 3 N–H and O–H groups in total. The minimum atomic E-state index is -0.841. The number of carboxylic acid groups (broad SMARTS) is 1. The number of H-pyrrole nitrogens is 1. The fraction of sp³-hybridized carbons (Fsp3) is 0.250. The molecule has 0 aliphatic carbocycles. The van der Waals surface area contributed by atoms with Gasteiger partial charge in [0, 0.05) is 5.69 Å². The van der Waals surface area contributed by atoms with Gasteiger partial charge in [-0.1, -0.05) is 19.1 Å². The second kappa shape index (κ2) is 5.91. The van der Waals surface area contributed by atoms with Crippen LogP contribution in [-0.2, 0) is 4.79 Å². The molecule has 8 nitrogen and oxygen atoms in total. The summed E-state index contributed by atoms with van der Waals surface area (Å²) in [5.41, 5.74) is 1.47. The van der Waals surface area contributed by atoms with Crippen LogP contribution in [0.4, 0.5) is 5.69 Å². The number of aliphatic carboxylic acids is 1. The number of hydrogen-bond donors (Lipinski definition) is 3. The van der Waals surface area contributed by atoms with E-state index in [0.29, 0.717) is 5.69 Å². The third-order valence-corrected chi connectivity index (χ3v) is 2.77. The maximum atomic E-state index is 11.7. The van der Waals surface area contributed by atoms with Crippen molar-refractivity contribution in [3.8, 4) is 0 Å². The molecule has 1 heterocycles. The number of tetrazole rings is 1. The van der Waals surface area contributed by atoms with Crippen LogP contribution in [0.5, 0.6) is 0 Å². The van der Waals surface area contributed by atoms with E-state index >= 15 is 0 Å². The third kappa shape index (κ3) is 3.37. The van der Waals surface area contributed by atoms with E-state index in [2.05, 4.69) is 25.9 Å². The minimum absolute atomic E-state index is 0.0479. The van der Waals surface area contributed by atoms with Crippen molar-refractivity contribution in [3.63, 3.8) is 0 Å². The van der Waals surface area contributed by atoms with Gasteiger partial charge in [-0.25, -0.2) is 0 Å². The average Bonchev–Trinajstić information content (AvgIpc) is 2.92. The average molecular weight is 275 g/mol. The smallest absolute Gasteiger partial charge is 0.303 e. The number of hydrogen-bond acceptors (Lipinski definition) is 5. The summed E-state index contributed by atoms with van der Waals surface area (Å²) < 4.78 is 0. The molecule has 1 aromatic heterocycles. The second-order valence-corrected chi connectivity index (χ2v) is 4.31. The topological polar surface area (TPSA) is 121 Å². The highest BCUT2D eigenvalue weighted by Gasteiger charge is 2.12. The summed E-state index contributed by atoms with van der Waals surface area (Å²) in [7, 11) is 0. The van der Waals surface area contributed by atoms with Crippen LogP contribution in [-0.4, -0.2) is 37.6 Å². The van der Waals surface area contributed by atoms with Crippen LogP contribution in [0.3, 0.4) is 0 Å². The molecule has 1 unspecified atom stereocenters. The molecule has 1 amide bonds. The molecular weight excluding hydrogens is 262 g/mol. The van der Waals surface area contributed by atoms with Gasteiger partial charge in [-0.05, 0) is 28.8 Å². The van der Waals surface area contributed by atoms with E-state index in [0.717, 1.165) is 5.56 Å². The predicted molar refractivity (Wildman–Crippen MR) is 69.2 cm³/mol. The fourth-order valence-corrected chi connectivity index (χ4v) is 1.72. The number of carbonyl (C=O) groups excluding carboxylic acids is 1. The molecule has 0 saturated carbocycles. The number of nitrogens with zero attached hydrogens (tertiary/aromatic N) is 3. The molecular formula is C12H13N5O3. The van der Waals surface area contributed by atoms with Crippen molar-refractivity contribution in [1.82, 2.24) is 20.6 Å². The summed E-state index contributed by atoms with van der Waals surface area (Å²) >= 11 is 0. The van der Waals surface area contributed by atoms with Crippen molar-refractivity contribution in [3.05, 3.63) is 35.7 Å². The number of rotatable bonds is 5. The molecule has 20 heavy (non-hydrogen) atoms. The number of aromatic nitrogens is 4. The molecule has 2 rings (SSSR count). The van der Waals surface area contributed by atoms with Gasteiger partial charge in [0.25, 0.3) is 11.7 Å². The Morgan fingerprint density at radius 2 is 2.05 bits per heavy atom. The molecule has 104 valence electrons. The van der Waals surface area contributed by atoms with Crippen molar-refractivity contribution in [2.45, 2.75) is 19.3 Å². The highest BCUT2D eigenvalue weighted by Crippen LogP contribution is 2.21. The maximum absolute atomic E-state index is 11.7. The van der Waals surface area contributed by atoms with E-state index in [1.807, 2.05) is 6.92 Å². The highest BCUT2D eigenvalue weighted by molar-refractivity contribution is 6.01. The van der Waals surface area contributed by atoms with Crippen molar-refractivity contribution >= 4 is 17.6 Å². The highest BCUT2D eigenvalue weighted by atomic mass is 16.4. The molecule has 1 aromatic carbocycles. The van der Waals surface area contributed by atoms with Gasteiger partial charge in [0.2, 0.25) is 0 Å². The second-order valence-electron chi connectivity index (χ2n) is 4.31. The van der Waals surface area contributed by atoms with Crippen molar-refractivity contribution in [2.24, 2.45) is 0 Å². The minimum Gasteiger partial charge on any atom is -0.481 e. The van der Waals surface area contributed by atoms with Gasteiger partial charge in [-0.3, -0.25) is 9.59 Å². The Morgan fingerprint density at radius 1 is 1.35 bits per heavy atom. The van der Waals surface area contributed by atoms with Gasteiger partial charge in [0.1, 0.15) is 0 Å². The van der Waals surface area contributed by atoms with Gasteiger partial charge in [-0.15, -0.1) is 10.2 Å². The molecule has 0 aliphatic rings. The molecule has 8 heteroatoms. The number of anilines is 1. The molecule has 0 saturated heterocycles. The number of carboxylic acids is 1. The lowest BCUT2D eigenvalue weighted by Crippen LogP contribution is -2.13. The summed E-state index contributed by atoms with van der Waals surface area (Å²) in [5, 5.41) is 24.0. The van der Waals surface area contributed by atoms with Crippen LogP contribution in [0.2, 0.25) is 0 Å². The van der Waals surface area contributed by atoms with Gasteiger partial charge in [-0.2, -0.15) is 5.21 Å². The van der Waals surface area contributed by atoms with Crippen LogP contribution < -0.4 is 5.32 Å². The Labute approximate surface area is 114 Å². The normalized spacial score (nSPS) is 11.8. The van der Waals surface area contributed by atoms with Gasteiger partial charge in [0.05, 0.1) is 6.42 Å². The molecule has 0 aliphatic heterocycles. The van der Waals surface area contributed by atoms with Crippen LogP contribution >= 0.6 is 0 Å². The van der Waals surface area contributed by atoms with E-state index in [-0.39, 0.29) is 18.2 Å². The third-order valence-electron chi connectivity index (χ3n) is 2.77. The van der Waals surface area contributed by atoms with Crippen LogP contribution in [0, 0.1) is 0 Å². The fourth-order valence-electron chi connectivity index (χ4n) is 1.72. The van der Waals surface area contributed by atoms with E-state index in [1.165, 1.54) is 0 Å². The summed E-state index contributed by atoms with van der Waals surface area (Å²) in [4.78, 5) is 22.3. The zero-order chi connectivity index (χ0) is 14.5. The summed E-state index contributed by atoms with van der Waals surface area (Å²) in [5.74, 6) is -1.44. The zero-order valence-electron chi connectivity index (χ0n) is 10.7. The first-order valence-electron chi connectivity index (χ1n) is 5.93. The van der Waals surface area contributed by atoms with Crippen LogP contribution in [0.1, 0.15) is 35.4 Å². The zero-order valence-corrected chi connectivity index (χ0v) is 10.7. The summed E-state index contributed by atoms with van der Waals surface area (Å²) in [6.45, 7) is 1.83. The Morgan fingerprint density at radius 3 is 2.60 bits per heavy atom. The maximum Gasteiger partial charge on any atom is 0.303 e. The van der Waals surface area contributed by atoms with Crippen molar-refractivity contribution in [2.75, 3.05) is 5.32 Å². The largest absolute Gasteiger partial charge is 0.481 e. The summed E-state index contributed by atoms with van der Waals surface area (Å²) in [6, 6.07) is 6.95. The van der Waals surface area contributed by atoms with Gasteiger partial charge in [0.15, 0.2) is 0 Å². The molecule has 2 aromatic rings. The standard InChI is InChI=1S/C12H13N5O3/c1-7(6-10(18)19)8-2-4-9(5-3-8)13-12(20)11-14-16-17-15-11/h2-5,7H,6H2,1H3,(H,13,20)(H,18,19)(H,14,15,16,17). The van der Waals surface area contributed by atoms with Crippen molar-refractivity contribution in [1.29, 1.82) is 0 Å². The Hall–Kier alpha value is -2.77. The SMILES string of the molecule is CC(CC(=O)O)c1ccc(NC(=O)c2nn[nH]n2)cc1. The molecule has 0 spiro atoms. The van der Waals surface area contributed by atoms with E-state index < -0.39 is 11.9 Å². The number of amides is 1. The summed E-state index contributed by atoms with van der Waals surface area (Å²) in [6.07, 6.45) is 0.0641. The van der Waals surface area contributed by atoms with Crippen LogP contribution in [0.25, 0.3) is 0 Å². The quantitative estimate of drug-likeness (QED) is 0.749. The first-order valence-corrected chi connectivity index (χ1v) is 5.93. The van der Waals surface area contributed by atoms with E-state index in [1.54, 1.807) is 24.3 Å². The van der Waals surface area contributed by atoms with Gasteiger partial charge < -0.3 is 10.4 Å². The van der Waals surface area contributed by atoms with E-state index in [9.17, 15) is 9.59 Å². The van der Waals surface area contributed by atoms with Crippen molar-refractivity contribution < 1.29 is 14.7 Å². The molecule has 0 bridgehead atoms. The lowest BCUT2D eigenvalue weighted by Gasteiger charge is -2.10.